The smallest absolute Gasteiger partial charge is 0.153 e. The first-order chi connectivity index (χ1) is 31.5. The third kappa shape index (κ3) is 33.3. The highest BCUT2D eigenvalue weighted by Gasteiger charge is 1.93. The van der Waals surface area contributed by atoms with E-state index in [1.807, 2.05) is 48.5 Å². The molecular formula is C55H54O10. The monoisotopic (exact) mass is 874 g/mol. The first-order valence-electron chi connectivity index (χ1n) is 19.6. The molecule has 0 aliphatic carbocycles. The zero-order chi connectivity index (χ0) is 47.6. The molecule has 10 heteroatoms. The van der Waals surface area contributed by atoms with E-state index in [1.54, 1.807) is 212 Å². The van der Waals surface area contributed by atoms with Gasteiger partial charge >= 0.3 is 0 Å². The molecule has 9 N–H and O–H groups in total. The normalized spacial score (nSPS) is 8.62. The Morgan fingerprint density at radius 3 is 0.431 bits per heavy atom. The van der Waals surface area contributed by atoms with Crippen LogP contribution in [0.5, 0.6) is 51.7 Å². The molecule has 0 aliphatic heterocycles. The third-order valence-corrected chi connectivity index (χ3v) is 7.11. The van der Waals surface area contributed by atoms with E-state index in [0.717, 1.165) is 0 Å². The van der Waals surface area contributed by atoms with Crippen molar-refractivity contribution in [3.63, 3.8) is 0 Å². The van der Waals surface area contributed by atoms with Crippen LogP contribution in [0.4, 0.5) is 0 Å². The fourth-order valence-electron chi connectivity index (χ4n) is 4.01. The van der Waals surface area contributed by atoms with Gasteiger partial charge < -0.3 is 46.0 Å². The van der Waals surface area contributed by atoms with Crippen molar-refractivity contribution in [2.45, 2.75) is 0 Å². The maximum absolute atomic E-state index is 10.1. The van der Waals surface area contributed by atoms with Crippen molar-refractivity contribution in [1.29, 1.82) is 0 Å². The number of benzene rings is 9. The number of hydrogen-bond acceptors (Lipinski definition) is 10. The summed E-state index contributed by atoms with van der Waals surface area (Å²) >= 11 is 0. The Morgan fingerprint density at radius 2 is 0.338 bits per heavy atom. The van der Waals surface area contributed by atoms with Crippen molar-refractivity contribution in [1.82, 2.24) is 0 Å². The molecule has 0 amide bonds. The van der Waals surface area contributed by atoms with Gasteiger partial charge in [0.05, 0.1) is 5.56 Å². The van der Waals surface area contributed by atoms with Crippen LogP contribution in [0.15, 0.2) is 267 Å². The van der Waals surface area contributed by atoms with Crippen LogP contribution in [0, 0.1) is 0 Å². The van der Waals surface area contributed by atoms with Gasteiger partial charge in [0.15, 0.2) is 6.29 Å². The van der Waals surface area contributed by atoms with Crippen LogP contribution >= 0.6 is 0 Å². The predicted molar refractivity (Wildman–Crippen MR) is 258 cm³/mol. The molecule has 0 saturated heterocycles. The van der Waals surface area contributed by atoms with Gasteiger partial charge in [-0.3, -0.25) is 4.79 Å². The van der Waals surface area contributed by atoms with Crippen molar-refractivity contribution in [2.24, 2.45) is 0 Å². The average molecular weight is 875 g/mol. The lowest BCUT2D eigenvalue weighted by Gasteiger charge is -1.91. The molecule has 9 aromatic carbocycles. The van der Waals surface area contributed by atoms with E-state index in [9.17, 15) is 4.79 Å². The highest BCUT2D eigenvalue weighted by molar-refractivity contribution is 5.78. The zero-order valence-corrected chi connectivity index (χ0v) is 35.4. The van der Waals surface area contributed by atoms with E-state index >= 15 is 0 Å². The molecule has 0 radical (unpaired) electrons. The summed E-state index contributed by atoms with van der Waals surface area (Å²) in [5, 5.41) is 77.9. The standard InChI is InChI=1S/C7H6O2.8C6H6O/c8-5-6-3-1-2-4-7(6)9;8*7-6-4-2-1-3-5-6/h1-5,9H;8*1-5,7H. The number of phenolic OH excluding ortho intramolecular Hbond substituents is 9. The fraction of sp³-hybridized carbons (Fsp3) is 0. The highest BCUT2D eigenvalue weighted by Crippen LogP contribution is 2.12. The van der Waals surface area contributed by atoms with Crippen LogP contribution in [0.25, 0.3) is 0 Å². The Kier molecular flexibility index (Phi) is 30.4. The molecule has 0 aromatic heterocycles. The van der Waals surface area contributed by atoms with Crippen LogP contribution in [-0.4, -0.2) is 52.2 Å². The molecular weight excluding hydrogens is 821 g/mol. The zero-order valence-electron chi connectivity index (χ0n) is 35.4. The van der Waals surface area contributed by atoms with Crippen LogP contribution in [0.1, 0.15) is 10.4 Å². The molecule has 0 aliphatic rings. The van der Waals surface area contributed by atoms with Crippen molar-refractivity contribution < 1.29 is 50.8 Å². The summed E-state index contributed by atoms with van der Waals surface area (Å²) in [5.74, 6) is 2.61. The average Bonchev–Trinajstić information content (AvgIpc) is 3.33. The number of carbonyl (C=O) groups is 1. The summed E-state index contributed by atoms with van der Waals surface area (Å²) in [4.78, 5) is 10.1. The Hall–Kier alpha value is -9.15. The van der Waals surface area contributed by atoms with E-state index in [4.69, 9.17) is 46.0 Å². The van der Waals surface area contributed by atoms with Gasteiger partial charge in [0.1, 0.15) is 51.7 Å². The lowest BCUT2D eigenvalue weighted by molar-refractivity contribution is 0.112. The Balaban J connectivity index is 0.000000366. The fourth-order valence-corrected chi connectivity index (χ4v) is 4.01. The van der Waals surface area contributed by atoms with Gasteiger partial charge in [-0.05, 0) is 109 Å². The molecule has 0 bridgehead atoms. The summed E-state index contributed by atoms with van der Waals surface area (Å²) in [5.41, 5.74) is 0.331. The number of rotatable bonds is 1. The van der Waals surface area contributed by atoms with Gasteiger partial charge in [-0.15, -0.1) is 0 Å². The molecule has 0 fully saturated rings. The summed E-state index contributed by atoms with van der Waals surface area (Å²) in [7, 11) is 0. The Labute approximate surface area is 380 Å². The van der Waals surface area contributed by atoms with Gasteiger partial charge in [0.25, 0.3) is 0 Å². The van der Waals surface area contributed by atoms with Gasteiger partial charge in [0.2, 0.25) is 0 Å². The largest absolute Gasteiger partial charge is 0.508 e. The molecule has 0 saturated carbocycles. The predicted octanol–water partition coefficient (Wildman–Crippen LogP) is 12.3. The topological polar surface area (TPSA) is 199 Å². The minimum absolute atomic E-state index is 0.0347. The van der Waals surface area contributed by atoms with Gasteiger partial charge in [0, 0.05) is 0 Å². The summed E-state index contributed by atoms with van der Waals surface area (Å²) in [6.07, 6.45) is 0.620. The molecule has 9 rings (SSSR count). The van der Waals surface area contributed by atoms with E-state index < -0.39 is 0 Å². The van der Waals surface area contributed by atoms with E-state index in [-0.39, 0.29) is 5.75 Å². The summed E-state index contributed by atoms with van der Waals surface area (Å²) in [6, 6.07) is 76.1. The van der Waals surface area contributed by atoms with E-state index in [2.05, 4.69) is 0 Å². The van der Waals surface area contributed by atoms with E-state index in [1.165, 1.54) is 6.07 Å². The molecule has 334 valence electrons. The summed E-state index contributed by atoms with van der Waals surface area (Å²) < 4.78 is 0. The van der Waals surface area contributed by atoms with Crippen LogP contribution in [-0.2, 0) is 0 Å². The number of phenols is 9. The van der Waals surface area contributed by atoms with Crippen LogP contribution in [0.3, 0.4) is 0 Å². The molecule has 0 heterocycles. The van der Waals surface area contributed by atoms with Gasteiger partial charge in [-0.25, -0.2) is 0 Å². The quantitative estimate of drug-likeness (QED) is 0.0715. The first kappa shape index (κ1) is 53.9. The molecule has 0 unspecified atom stereocenters. The second-order valence-corrected chi connectivity index (χ2v) is 12.4. The molecule has 10 nitrogen and oxygen atoms in total. The molecule has 0 spiro atoms. The number of para-hydroxylation sites is 9. The van der Waals surface area contributed by atoms with Crippen molar-refractivity contribution in [2.75, 3.05) is 0 Å². The minimum atomic E-state index is 0.0347. The summed E-state index contributed by atoms with van der Waals surface area (Å²) in [6.45, 7) is 0. The number of hydrogen-bond donors (Lipinski definition) is 9. The second-order valence-electron chi connectivity index (χ2n) is 12.4. The van der Waals surface area contributed by atoms with Gasteiger partial charge in [-0.2, -0.15) is 0 Å². The van der Waals surface area contributed by atoms with Gasteiger partial charge in [-0.1, -0.05) is 158 Å². The van der Waals surface area contributed by atoms with Crippen molar-refractivity contribution in [3.8, 4) is 51.7 Å². The highest BCUT2D eigenvalue weighted by atomic mass is 16.3. The Morgan fingerprint density at radius 1 is 0.200 bits per heavy atom. The molecule has 9 aromatic rings. The van der Waals surface area contributed by atoms with Crippen molar-refractivity contribution >= 4 is 6.29 Å². The lowest BCUT2D eigenvalue weighted by atomic mass is 10.2. The second kappa shape index (κ2) is 36.7. The maximum Gasteiger partial charge on any atom is 0.153 e. The maximum atomic E-state index is 10.1. The SMILES string of the molecule is O=Cc1ccccc1O.Oc1ccccc1.Oc1ccccc1.Oc1ccccc1.Oc1ccccc1.Oc1ccccc1.Oc1ccccc1.Oc1ccccc1.Oc1ccccc1. The minimum Gasteiger partial charge on any atom is -0.508 e. The number of aldehydes is 1. The number of carbonyl (C=O) groups excluding carboxylic acids is 1. The van der Waals surface area contributed by atoms with Crippen LogP contribution < -0.4 is 0 Å². The third-order valence-electron chi connectivity index (χ3n) is 7.11. The van der Waals surface area contributed by atoms with E-state index in [0.29, 0.717) is 57.8 Å². The van der Waals surface area contributed by atoms with Crippen LogP contribution in [0.2, 0.25) is 0 Å². The van der Waals surface area contributed by atoms with Crippen molar-refractivity contribution in [3.05, 3.63) is 272 Å². The number of aromatic hydroxyl groups is 9. The lowest BCUT2D eigenvalue weighted by Crippen LogP contribution is -1.77. The Bertz CT molecular complexity index is 1950. The first-order valence-corrected chi connectivity index (χ1v) is 19.6. The molecule has 65 heavy (non-hydrogen) atoms. The molecule has 0 atom stereocenters.